The second kappa shape index (κ2) is 15.4. The smallest absolute Gasteiger partial charge is 0.309 e. The Bertz CT molecular complexity index is 992. The number of methoxy groups -OCH3 is 2. The van der Waals surface area contributed by atoms with E-state index in [-0.39, 0.29) is 30.6 Å². The molecule has 0 aromatic carbocycles. The van der Waals surface area contributed by atoms with E-state index in [4.69, 9.17) is 18.9 Å². The third kappa shape index (κ3) is 7.79. The number of ketones is 1. The molecule has 10 nitrogen and oxygen atoms in total. The molecular weight excluding hydrogens is 578 g/mol. The zero-order valence-corrected chi connectivity index (χ0v) is 30.3. The summed E-state index contributed by atoms with van der Waals surface area (Å²) in [5.41, 5.74) is -4.96. The standard InChI is InChI=1S/C35H65NO9/c1-14-16-36-19-35(41)25(8)44-26(18-33(35,10)43-13)28-21(4)24(7)32(9,42-12)17-20(3)29(37)23(6)30(38)34(11,40)27(15-2)45-31(39)22(28)5/h20-28,30,36,38,40-41H,14-19H2,1-13H3/t20-,21-,22-,23+,24-,25+,26?,27-,28+,30-,32-,33-,34-,35+/m1/s1. The van der Waals surface area contributed by atoms with Crippen molar-refractivity contribution >= 4 is 11.8 Å². The Kier molecular flexibility index (Phi) is 13.7. The van der Waals surface area contributed by atoms with Gasteiger partial charge in [-0.3, -0.25) is 9.59 Å². The lowest BCUT2D eigenvalue weighted by atomic mass is 9.63. The van der Waals surface area contributed by atoms with Crippen molar-refractivity contribution in [3.05, 3.63) is 0 Å². The van der Waals surface area contributed by atoms with Crippen LogP contribution in [0.2, 0.25) is 0 Å². The van der Waals surface area contributed by atoms with Gasteiger partial charge in [-0.1, -0.05) is 48.5 Å². The molecule has 14 atom stereocenters. The fraction of sp³-hybridized carbons (Fsp3) is 0.943. The highest BCUT2D eigenvalue weighted by Crippen LogP contribution is 2.48. The van der Waals surface area contributed by atoms with E-state index in [1.54, 1.807) is 28.1 Å². The van der Waals surface area contributed by atoms with Crippen molar-refractivity contribution in [1.29, 1.82) is 0 Å². The van der Waals surface area contributed by atoms with Gasteiger partial charge in [0.15, 0.2) is 0 Å². The minimum absolute atomic E-state index is 0.147. The molecule has 4 N–H and O–H groups in total. The number of rotatable bonds is 8. The van der Waals surface area contributed by atoms with Crippen LogP contribution in [0.25, 0.3) is 0 Å². The number of ether oxygens (including phenoxy) is 4. The lowest BCUT2D eigenvalue weighted by Gasteiger charge is -2.56. The predicted octanol–water partition coefficient (Wildman–Crippen LogP) is 3.91. The second-order valence-electron chi connectivity index (χ2n) is 14.9. The molecule has 2 fully saturated rings. The molecule has 10 heteroatoms. The molecular formula is C35H65NO9. The topological polar surface area (TPSA) is 144 Å². The predicted molar refractivity (Wildman–Crippen MR) is 174 cm³/mol. The van der Waals surface area contributed by atoms with Gasteiger partial charge in [0.25, 0.3) is 0 Å². The summed E-state index contributed by atoms with van der Waals surface area (Å²) < 4.78 is 24.9. The van der Waals surface area contributed by atoms with Crippen LogP contribution in [0.15, 0.2) is 0 Å². The van der Waals surface area contributed by atoms with Gasteiger partial charge in [-0.05, 0) is 65.3 Å². The van der Waals surface area contributed by atoms with Gasteiger partial charge in [0.1, 0.15) is 23.1 Å². The monoisotopic (exact) mass is 643 g/mol. The first kappa shape index (κ1) is 40.0. The Hall–Kier alpha value is -1.14. The number of Topliss-reactive ketones (excluding diaryl/α,β-unsaturated/α-hetero) is 1. The summed E-state index contributed by atoms with van der Waals surface area (Å²) in [5, 5.41) is 38.1. The van der Waals surface area contributed by atoms with Crippen LogP contribution in [-0.4, -0.2) is 101 Å². The zero-order valence-electron chi connectivity index (χ0n) is 30.3. The van der Waals surface area contributed by atoms with Gasteiger partial charge >= 0.3 is 5.97 Å². The van der Waals surface area contributed by atoms with Gasteiger partial charge in [0.05, 0.1) is 35.4 Å². The van der Waals surface area contributed by atoms with Gasteiger partial charge in [-0.25, -0.2) is 0 Å². The first-order chi connectivity index (χ1) is 20.7. The first-order valence-electron chi connectivity index (χ1n) is 17.1. The summed E-state index contributed by atoms with van der Waals surface area (Å²) in [7, 11) is 3.23. The van der Waals surface area contributed by atoms with Gasteiger partial charge in [-0.15, -0.1) is 0 Å². The molecule has 0 aliphatic carbocycles. The highest BCUT2D eigenvalue weighted by atomic mass is 16.6. The normalized spacial score (nSPS) is 47.6. The molecule has 0 saturated carbocycles. The van der Waals surface area contributed by atoms with Crippen LogP contribution >= 0.6 is 0 Å². The third-order valence-electron chi connectivity index (χ3n) is 12.0. The Morgan fingerprint density at radius 2 is 1.53 bits per heavy atom. The maximum Gasteiger partial charge on any atom is 0.309 e. The molecule has 0 radical (unpaired) electrons. The number of carbonyl (C=O) groups is 2. The highest BCUT2D eigenvalue weighted by Gasteiger charge is 2.59. The summed E-state index contributed by atoms with van der Waals surface area (Å²) >= 11 is 0. The number of esters is 1. The SMILES string of the molecule is CCCNC[C@]1(O)[C@H](C)OC([C@H]2[C@H](C)[C@@H](C)[C@](C)(OC)C[C@@H](C)C(=O)[C@H](C)[C@@H](O)[C@](C)(O)[C@@H](CC)OC(=O)[C@@H]2C)C[C@@]1(C)OC. The molecule has 2 saturated heterocycles. The van der Waals surface area contributed by atoms with E-state index in [1.165, 1.54) is 6.92 Å². The fourth-order valence-corrected chi connectivity index (χ4v) is 8.18. The average molecular weight is 644 g/mol. The summed E-state index contributed by atoms with van der Waals surface area (Å²) in [6.45, 7) is 21.4. The fourth-order valence-electron chi connectivity index (χ4n) is 8.18. The van der Waals surface area contributed by atoms with E-state index in [1.807, 2.05) is 34.6 Å². The number of carbonyl (C=O) groups excluding carboxylic acids is 2. The van der Waals surface area contributed by atoms with Gasteiger partial charge < -0.3 is 39.6 Å². The summed E-state index contributed by atoms with van der Waals surface area (Å²) in [5.74, 6) is -3.49. The average Bonchev–Trinajstić information content (AvgIpc) is 3.00. The van der Waals surface area contributed by atoms with E-state index >= 15 is 0 Å². The van der Waals surface area contributed by atoms with Crippen molar-refractivity contribution in [3.63, 3.8) is 0 Å². The van der Waals surface area contributed by atoms with Crippen LogP contribution in [-0.2, 0) is 28.5 Å². The van der Waals surface area contributed by atoms with Crippen LogP contribution in [0.3, 0.4) is 0 Å². The molecule has 1 unspecified atom stereocenters. The van der Waals surface area contributed by atoms with E-state index in [2.05, 4.69) is 26.1 Å². The van der Waals surface area contributed by atoms with Gasteiger partial charge in [0, 0.05) is 44.9 Å². The number of nitrogens with one attached hydrogen (secondary N) is 1. The lowest BCUT2D eigenvalue weighted by molar-refractivity contribution is -0.282. The minimum Gasteiger partial charge on any atom is -0.459 e. The van der Waals surface area contributed by atoms with Crippen molar-refractivity contribution in [2.24, 2.45) is 35.5 Å². The molecule has 2 heterocycles. The molecule has 0 bridgehead atoms. The minimum atomic E-state index is -1.87. The van der Waals surface area contributed by atoms with Crippen LogP contribution in [0, 0.1) is 35.5 Å². The van der Waals surface area contributed by atoms with E-state index in [9.17, 15) is 24.9 Å². The van der Waals surface area contributed by atoms with Crippen LogP contribution in [0.4, 0.5) is 0 Å². The largest absolute Gasteiger partial charge is 0.459 e. The molecule has 264 valence electrons. The summed E-state index contributed by atoms with van der Waals surface area (Å²) in [6.07, 6.45) is -1.76. The number of aliphatic hydroxyl groups excluding tert-OH is 1. The molecule has 2 aliphatic rings. The maximum absolute atomic E-state index is 14.0. The molecule has 0 spiro atoms. The number of hydrogen-bond acceptors (Lipinski definition) is 10. The van der Waals surface area contributed by atoms with Crippen LogP contribution in [0.1, 0.15) is 102 Å². The zero-order chi connectivity index (χ0) is 34.7. The molecule has 2 aliphatic heterocycles. The van der Waals surface area contributed by atoms with E-state index < -0.39 is 76.5 Å². The Morgan fingerprint density at radius 1 is 0.933 bits per heavy atom. The summed E-state index contributed by atoms with van der Waals surface area (Å²) in [6, 6.07) is 0. The second-order valence-corrected chi connectivity index (χ2v) is 14.9. The van der Waals surface area contributed by atoms with Crippen LogP contribution < -0.4 is 5.32 Å². The van der Waals surface area contributed by atoms with Crippen molar-refractivity contribution in [1.82, 2.24) is 5.32 Å². The Balaban J connectivity index is 2.69. The van der Waals surface area contributed by atoms with Crippen LogP contribution in [0.5, 0.6) is 0 Å². The van der Waals surface area contributed by atoms with E-state index in [0.717, 1.165) is 13.0 Å². The highest BCUT2D eigenvalue weighted by molar-refractivity contribution is 5.83. The Morgan fingerprint density at radius 3 is 2.04 bits per heavy atom. The van der Waals surface area contributed by atoms with Crippen molar-refractivity contribution < 1.29 is 43.9 Å². The molecule has 0 aromatic heterocycles. The first-order valence-corrected chi connectivity index (χ1v) is 17.1. The van der Waals surface area contributed by atoms with Gasteiger partial charge in [0.2, 0.25) is 0 Å². The molecule has 45 heavy (non-hydrogen) atoms. The number of cyclic esters (lactones) is 1. The van der Waals surface area contributed by atoms with E-state index in [0.29, 0.717) is 12.8 Å². The molecule has 2 rings (SSSR count). The third-order valence-corrected chi connectivity index (χ3v) is 12.0. The van der Waals surface area contributed by atoms with Crippen molar-refractivity contribution in [2.45, 2.75) is 149 Å². The maximum atomic E-state index is 14.0. The van der Waals surface area contributed by atoms with Crippen molar-refractivity contribution in [3.8, 4) is 0 Å². The van der Waals surface area contributed by atoms with Gasteiger partial charge in [-0.2, -0.15) is 0 Å². The number of hydrogen-bond donors (Lipinski definition) is 4. The van der Waals surface area contributed by atoms with Crippen molar-refractivity contribution in [2.75, 3.05) is 27.3 Å². The number of aliphatic hydroxyl groups is 3. The summed E-state index contributed by atoms with van der Waals surface area (Å²) in [4.78, 5) is 27.7. The Labute approximate surface area is 272 Å². The molecule has 0 aromatic rings. The lowest BCUT2D eigenvalue weighted by Crippen LogP contribution is -2.70. The quantitative estimate of drug-likeness (QED) is 0.227. The molecule has 0 amide bonds.